The molecule has 6 fully saturated rings. The summed E-state index contributed by atoms with van der Waals surface area (Å²) >= 11 is 0. The third kappa shape index (κ3) is 23.7. The first-order valence-corrected chi connectivity index (χ1v) is 42.4. The normalized spacial score (nSPS) is 15.6. The maximum atomic E-state index is 13.9. The van der Waals surface area contributed by atoms with E-state index in [-0.39, 0.29) is 67.3 Å². The third-order valence-corrected chi connectivity index (χ3v) is 22.3. The molecule has 2 aliphatic carbocycles. The van der Waals surface area contributed by atoms with Gasteiger partial charge in [-0.1, -0.05) is 27.2 Å². The van der Waals surface area contributed by atoms with Crippen molar-refractivity contribution in [2.45, 2.75) is 182 Å². The molecule has 12 aromatic rings. The van der Waals surface area contributed by atoms with Crippen molar-refractivity contribution in [1.82, 2.24) is 92.0 Å². The molecule has 33 nitrogen and oxygen atoms in total. The van der Waals surface area contributed by atoms with E-state index < -0.39 is 12.5 Å². The molecule has 2 N–H and O–H groups in total. The number of rotatable bonds is 30. The fraction of sp³-hybridized carbons (Fsp3) is 0.418. The van der Waals surface area contributed by atoms with E-state index in [4.69, 9.17) is 56.0 Å². The summed E-state index contributed by atoms with van der Waals surface area (Å²) in [6.07, 6.45) is 19.1. The summed E-state index contributed by atoms with van der Waals surface area (Å²) in [4.78, 5) is 54.4. The highest BCUT2D eigenvalue weighted by molar-refractivity contribution is 5.95. The second-order valence-electron chi connectivity index (χ2n) is 31.7. The molecule has 18 rings (SSSR count). The van der Waals surface area contributed by atoms with Crippen LogP contribution in [0.4, 0.5) is 8.78 Å². The van der Waals surface area contributed by atoms with Crippen LogP contribution in [0.2, 0.25) is 0 Å². The maximum absolute atomic E-state index is 13.9. The second-order valence-corrected chi connectivity index (χ2v) is 31.7. The van der Waals surface area contributed by atoms with Gasteiger partial charge >= 0.3 is 0 Å². The number of nitrogens with one attached hydrogen (secondary N) is 2. The molecule has 0 atom stereocenters. The standard InChI is InChI=1S/C23H25FN4O3.2C23H25N5O4.C22H23FN4O4/c1-14(27-19-6-8-29-9-7-19)17-4-5-22(26-11-17)30-13-20-16(3)31-28-23(20)18-10-21(24)15(2)25-12-18;1-14-2-5-19(26-24-14)22-17(23(32-28-22)16-3-4-16)13-31-21-7-6-18(25-27-21)20(29)12-15-8-10-30-11-9-15;1-14-2-3-16(12-24-14)21-18(22(32-28-21)15-4-5-15)13-31-20-7-6-19(26-27-20)23(29)25-17-8-10-30-11-9-17;1-14-2-3-16(12-24-14)22-17(20(11-23)31-27-22)13-30-21-5-4-18(25-26-21)19(28)10-15-6-8-29-9-7-15/h4-5,10-12,19,27H,1,6-9,13H2,2-3H3;2,5-7,15-16H,3-4,8-13H2,1H3;2-3,6-7,12,15,17H,4-5,8-11,13H2,1H3,(H,25,29);2-5,12,15H,6-11,13H2,1H3. The molecule has 0 radical (unpaired) electrons. The zero-order valence-electron chi connectivity index (χ0n) is 70.8. The van der Waals surface area contributed by atoms with Gasteiger partial charge in [0.15, 0.2) is 29.7 Å². The SMILES string of the molecule is C=C(NC1CCOCC1)c1ccc(OCc2c(-c3cnc(C)c(F)c3)noc2C)nc1.Cc1ccc(-c2noc(C3CC3)c2COc2ccc(C(=O)CC3CCOCC3)nn2)nn1.Cc1ccc(-c2noc(C3CC3)c2COc2ccc(C(=O)NC3CCOCC3)nn2)cn1.Cc1ccc(-c2noc(CF)c2COc2ccc(C(=O)CC3CCOCC3)nn2)cn1. The first-order chi connectivity index (χ1) is 61.5. The number of alkyl halides is 1. The van der Waals surface area contributed by atoms with Crippen molar-refractivity contribution in [3.8, 4) is 68.7 Å². The molecule has 656 valence electrons. The maximum Gasteiger partial charge on any atom is 0.272 e. The van der Waals surface area contributed by atoms with Gasteiger partial charge in [0, 0.05) is 178 Å². The van der Waals surface area contributed by atoms with Gasteiger partial charge < -0.3 is 66.6 Å². The highest BCUT2D eigenvalue weighted by atomic mass is 19.1. The number of amides is 1. The summed E-state index contributed by atoms with van der Waals surface area (Å²) in [5.41, 5.74) is 13.7. The van der Waals surface area contributed by atoms with E-state index in [1.807, 2.05) is 63.2 Å². The fourth-order valence-corrected chi connectivity index (χ4v) is 14.4. The minimum atomic E-state index is -0.809. The minimum Gasteiger partial charge on any atom is -0.473 e. The second kappa shape index (κ2) is 42.6. The number of carbonyl (C=O) groups excluding carboxylic acids is 3. The molecule has 0 unspecified atom stereocenters. The average molecular weight is 1720 g/mol. The van der Waals surface area contributed by atoms with Crippen molar-refractivity contribution >= 4 is 23.2 Å². The Morgan fingerprint density at radius 1 is 0.421 bits per heavy atom. The number of Topliss-reactive ketones (excluding diaryl/α,β-unsaturated/α-hetero) is 2. The van der Waals surface area contributed by atoms with Crippen molar-refractivity contribution in [3.63, 3.8) is 0 Å². The van der Waals surface area contributed by atoms with E-state index in [0.29, 0.717) is 149 Å². The van der Waals surface area contributed by atoms with Crippen LogP contribution in [-0.2, 0) is 52.0 Å². The van der Waals surface area contributed by atoms with Gasteiger partial charge in [0.25, 0.3) is 5.91 Å². The van der Waals surface area contributed by atoms with E-state index in [2.05, 4.69) is 98.6 Å². The van der Waals surface area contributed by atoms with Crippen molar-refractivity contribution < 1.29 is 79.2 Å². The van der Waals surface area contributed by atoms with Crippen LogP contribution >= 0.6 is 0 Å². The molecule has 2 saturated carbocycles. The number of hydrogen-bond acceptors (Lipinski definition) is 32. The lowest BCUT2D eigenvalue weighted by Crippen LogP contribution is -2.39. The van der Waals surface area contributed by atoms with Gasteiger partial charge in [-0.2, -0.15) is 5.10 Å². The van der Waals surface area contributed by atoms with Crippen molar-refractivity contribution in [1.29, 1.82) is 0 Å². The van der Waals surface area contributed by atoms with Crippen LogP contribution in [0.5, 0.6) is 23.5 Å². The lowest BCUT2D eigenvalue weighted by atomic mass is 9.93. The third-order valence-electron chi connectivity index (χ3n) is 22.3. The first-order valence-electron chi connectivity index (χ1n) is 42.4. The zero-order chi connectivity index (χ0) is 87.3. The number of pyridine rings is 4. The molecule has 4 saturated heterocycles. The highest BCUT2D eigenvalue weighted by Gasteiger charge is 2.36. The van der Waals surface area contributed by atoms with Gasteiger partial charge in [0.05, 0.1) is 33.6 Å². The van der Waals surface area contributed by atoms with Gasteiger partial charge in [-0.15, -0.1) is 35.7 Å². The molecule has 4 aliphatic heterocycles. The molecule has 16 heterocycles. The van der Waals surface area contributed by atoms with Gasteiger partial charge in [-0.05, 0) is 190 Å². The smallest absolute Gasteiger partial charge is 0.272 e. The van der Waals surface area contributed by atoms with Crippen LogP contribution in [0, 0.1) is 52.3 Å². The minimum absolute atomic E-state index is 0.00396. The molecule has 0 spiro atoms. The van der Waals surface area contributed by atoms with Crippen molar-refractivity contribution in [2.24, 2.45) is 11.8 Å². The molecule has 126 heavy (non-hydrogen) atoms. The van der Waals surface area contributed by atoms with Gasteiger partial charge in [0.1, 0.15) is 89.4 Å². The molecule has 0 aromatic carbocycles. The predicted molar refractivity (Wildman–Crippen MR) is 449 cm³/mol. The predicted octanol–water partition coefficient (Wildman–Crippen LogP) is 15.0. The number of ether oxygens (including phenoxy) is 8. The Morgan fingerprint density at radius 2 is 0.873 bits per heavy atom. The van der Waals surface area contributed by atoms with E-state index in [9.17, 15) is 23.2 Å². The lowest BCUT2D eigenvalue weighted by molar-refractivity contribution is 0.0594. The molecular formula is C91H98F2N18O15. The highest BCUT2D eigenvalue weighted by Crippen LogP contribution is 2.46. The van der Waals surface area contributed by atoms with Crippen molar-refractivity contribution in [3.05, 3.63) is 219 Å². The van der Waals surface area contributed by atoms with E-state index >= 15 is 0 Å². The largest absolute Gasteiger partial charge is 0.473 e. The van der Waals surface area contributed by atoms with E-state index in [1.165, 1.54) is 6.07 Å². The molecule has 35 heteroatoms. The summed E-state index contributed by atoms with van der Waals surface area (Å²) in [6.45, 7) is 18.8. The first kappa shape index (κ1) is 87.9. The van der Waals surface area contributed by atoms with Crippen LogP contribution in [0.15, 0.2) is 140 Å². The topological polar surface area (TPSA) is 408 Å². The number of halogens is 2. The summed E-state index contributed by atoms with van der Waals surface area (Å²) in [5.74, 6) is 4.51. The Hall–Kier alpha value is -13.0. The average Bonchev–Trinajstić information content (AvgIpc) is 1.63. The molecule has 1 amide bonds. The quantitative estimate of drug-likeness (QED) is 0.0395. The molecule has 12 aromatic heterocycles. The monoisotopic (exact) mass is 1720 g/mol. The van der Waals surface area contributed by atoms with Crippen LogP contribution < -0.4 is 29.6 Å². The summed E-state index contributed by atoms with van der Waals surface area (Å²) in [5, 5.41) is 55.6. The van der Waals surface area contributed by atoms with Crippen molar-refractivity contribution in [2.75, 3.05) is 52.9 Å². The number of aromatic nitrogens is 16. The summed E-state index contributed by atoms with van der Waals surface area (Å²) in [6, 6.07) is 26.8. The molecule has 0 bridgehead atoms. The van der Waals surface area contributed by atoms with Gasteiger partial charge in [-0.3, -0.25) is 29.3 Å². The Morgan fingerprint density at radius 3 is 1.36 bits per heavy atom. The Bertz CT molecular complexity index is 5420. The van der Waals surface area contributed by atoms with E-state index in [1.54, 1.807) is 81.1 Å². The summed E-state index contributed by atoms with van der Waals surface area (Å²) in [7, 11) is 0. The number of nitrogens with zero attached hydrogens (tertiary/aromatic N) is 16. The van der Waals surface area contributed by atoms with Crippen LogP contribution in [0.3, 0.4) is 0 Å². The van der Waals surface area contributed by atoms with Crippen LogP contribution in [0.1, 0.15) is 207 Å². The Labute approximate surface area is 724 Å². The number of hydrogen-bond donors (Lipinski definition) is 2. The van der Waals surface area contributed by atoms with Gasteiger partial charge in [0.2, 0.25) is 23.5 Å². The number of aryl methyl sites for hydroxylation is 5. The zero-order valence-corrected chi connectivity index (χ0v) is 70.8. The Balaban J connectivity index is 0.000000130. The fourth-order valence-electron chi connectivity index (χ4n) is 14.4. The Kier molecular flexibility index (Phi) is 29.7. The molecular weight excluding hydrogens is 1620 g/mol. The number of carbonyl (C=O) groups is 3. The van der Waals surface area contributed by atoms with Gasteiger partial charge in [-0.25, -0.2) is 13.8 Å². The summed E-state index contributed by atoms with van der Waals surface area (Å²) < 4.78 is 93.7. The van der Waals surface area contributed by atoms with E-state index in [0.717, 1.165) is 171 Å². The number of ketones is 2. The molecule has 6 aliphatic rings. The lowest BCUT2D eigenvalue weighted by Gasteiger charge is -2.25. The van der Waals surface area contributed by atoms with Crippen LogP contribution in [-0.4, -0.2) is 164 Å². The van der Waals surface area contributed by atoms with Crippen LogP contribution in [0.25, 0.3) is 50.9 Å².